The minimum absolute atomic E-state index is 0.0407. The van der Waals surface area contributed by atoms with E-state index in [1.54, 1.807) is 24.3 Å². The Labute approximate surface area is 161 Å². The first kappa shape index (κ1) is 19.3. The lowest BCUT2D eigenvalue weighted by molar-refractivity contribution is -0.147. The summed E-state index contributed by atoms with van der Waals surface area (Å²) >= 11 is 0. The molecule has 0 bridgehead atoms. The number of fused-ring (bicyclic) bond motifs is 2. The second-order valence-corrected chi connectivity index (χ2v) is 6.39. The number of esters is 2. The van der Waals surface area contributed by atoms with Gasteiger partial charge in [-0.2, -0.15) is 0 Å². The van der Waals surface area contributed by atoms with E-state index in [-0.39, 0.29) is 22.5 Å². The molecule has 3 rings (SSSR count). The van der Waals surface area contributed by atoms with Gasteiger partial charge in [-0.1, -0.05) is 18.2 Å². The second-order valence-electron chi connectivity index (χ2n) is 6.39. The van der Waals surface area contributed by atoms with Crippen LogP contribution < -0.4 is 4.90 Å². The fourth-order valence-corrected chi connectivity index (χ4v) is 3.75. The number of carbonyl (C=O) groups excluding carboxylic acids is 4. The first-order chi connectivity index (χ1) is 13.2. The number of para-hydroxylation sites is 1. The van der Waals surface area contributed by atoms with Gasteiger partial charge in [-0.3, -0.25) is 9.59 Å². The molecule has 1 aromatic rings. The lowest BCUT2D eigenvalue weighted by Crippen LogP contribution is -2.48. The number of likely N-dealkylation sites (N-methyl/N-ethyl adjacent to an activating group) is 1. The molecular formula is C20H19NO7. The Morgan fingerprint density at radius 2 is 1.64 bits per heavy atom. The van der Waals surface area contributed by atoms with Crippen molar-refractivity contribution in [2.24, 2.45) is 0 Å². The number of nitrogens with zero attached hydrogens (tertiary/aromatic N) is 1. The van der Waals surface area contributed by atoms with Gasteiger partial charge < -0.3 is 19.1 Å². The van der Waals surface area contributed by atoms with E-state index in [0.29, 0.717) is 11.3 Å². The van der Waals surface area contributed by atoms with Gasteiger partial charge in [0.05, 0.1) is 31.1 Å². The van der Waals surface area contributed by atoms with E-state index in [1.807, 2.05) is 0 Å². The number of Topliss-reactive ketones (excluding diaryl/α,β-unsaturated/α-hetero) is 1. The maximum atomic E-state index is 13.3. The van der Waals surface area contributed by atoms with Crippen molar-refractivity contribution in [2.45, 2.75) is 19.4 Å². The van der Waals surface area contributed by atoms with E-state index in [9.17, 15) is 19.2 Å². The van der Waals surface area contributed by atoms with Crippen LogP contribution in [0.2, 0.25) is 0 Å². The summed E-state index contributed by atoms with van der Waals surface area (Å²) in [4.78, 5) is 52.4. The van der Waals surface area contributed by atoms with Crippen LogP contribution in [0.25, 0.3) is 0 Å². The standard InChI is InChI=1S/C20H19NO7/c1-10(22)14-11(2)28-20(16(18(24)27-5)15(14)17(23)26-4)12-8-6-7-9-13(12)21(3)19(20)25/h6-9H,1-5H3. The highest BCUT2D eigenvalue weighted by molar-refractivity contribution is 6.21. The second kappa shape index (κ2) is 6.63. The number of amides is 1. The highest BCUT2D eigenvalue weighted by atomic mass is 16.5. The Hall–Kier alpha value is -3.42. The van der Waals surface area contributed by atoms with Crippen molar-refractivity contribution in [3.63, 3.8) is 0 Å². The summed E-state index contributed by atoms with van der Waals surface area (Å²) in [5.41, 5.74) is -1.91. The first-order valence-electron chi connectivity index (χ1n) is 8.42. The molecule has 1 unspecified atom stereocenters. The number of carbonyl (C=O) groups is 4. The monoisotopic (exact) mass is 385 g/mol. The smallest absolute Gasteiger partial charge is 0.339 e. The summed E-state index contributed by atoms with van der Waals surface area (Å²) in [5.74, 6) is -2.96. The van der Waals surface area contributed by atoms with Gasteiger partial charge in [0.15, 0.2) is 5.78 Å². The van der Waals surface area contributed by atoms with Crippen molar-refractivity contribution in [1.82, 2.24) is 0 Å². The molecule has 2 aliphatic rings. The molecule has 2 heterocycles. The number of allylic oxidation sites excluding steroid dienone is 1. The third kappa shape index (κ3) is 2.37. The van der Waals surface area contributed by atoms with Gasteiger partial charge in [0.2, 0.25) is 5.60 Å². The molecule has 146 valence electrons. The third-order valence-corrected chi connectivity index (χ3v) is 4.89. The average Bonchev–Trinajstić information content (AvgIpc) is 2.88. The first-order valence-corrected chi connectivity index (χ1v) is 8.42. The number of ether oxygens (including phenoxy) is 3. The van der Waals surface area contributed by atoms with Crippen LogP contribution in [0, 0.1) is 0 Å². The van der Waals surface area contributed by atoms with Crippen LogP contribution in [0.5, 0.6) is 0 Å². The molecule has 2 aliphatic heterocycles. The lowest BCUT2D eigenvalue weighted by atomic mass is 9.79. The number of hydrogen-bond acceptors (Lipinski definition) is 7. The van der Waals surface area contributed by atoms with Crippen LogP contribution in [-0.2, 0) is 39.0 Å². The highest BCUT2D eigenvalue weighted by Crippen LogP contribution is 2.52. The summed E-state index contributed by atoms with van der Waals surface area (Å²) in [6, 6.07) is 6.73. The molecule has 8 heteroatoms. The zero-order chi connectivity index (χ0) is 20.8. The van der Waals surface area contributed by atoms with Crippen LogP contribution in [0.1, 0.15) is 19.4 Å². The summed E-state index contributed by atoms with van der Waals surface area (Å²) in [6.07, 6.45) is 0. The molecule has 1 spiro atoms. The van der Waals surface area contributed by atoms with E-state index in [2.05, 4.69) is 0 Å². The van der Waals surface area contributed by atoms with Crippen molar-refractivity contribution >= 4 is 29.3 Å². The minimum Gasteiger partial charge on any atom is -0.471 e. The van der Waals surface area contributed by atoms with Crippen molar-refractivity contribution in [3.8, 4) is 0 Å². The highest BCUT2D eigenvalue weighted by Gasteiger charge is 2.61. The minimum atomic E-state index is -1.95. The molecule has 0 N–H and O–H groups in total. The molecule has 0 radical (unpaired) electrons. The van der Waals surface area contributed by atoms with E-state index in [1.165, 1.54) is 25.8 Å². The Morgan fingerprint density at radius 1 is 1.04 bits per heavy atom. The van der Waals surface area contributed by atoms with Crippen LogP contribution in [0.15, 0.2) is 46.7 Å². The summed E-state index contributed by atoms with van der Waals surface area (Å²) in [6.45, 7) is 2.69. The average molecular weight is 385 g/mol. The van der Waals surface area contributed by atoms with E-state index < -0.39 is 29.2 Å². The van der Waals surface area contributed by atoms with Crippen molar-refractivity contribution in [1.29, 1.82) is 0 Å². The zero-order valence-electron chi connectivity index (χ0n) is 16.1. The number of anilines is 1. The van der Waals surface area contributed by atoms with Crippen LogP contribution in [0.4, 0.5) is 5.69 Å². The van der Waals surface area contributed by atoms with E-state index in [0.717, 1.165) is 14.2 Å². The topological polar surface area (TPSA) is 99.2 Å². The molecule has 28 heavy (non-hydrogen) atoms. The summed E-state index contributed by atoms with van der Waals surface area (Å²) in [5, 5.41) is 0. The fourth-order valence-electron chi connectivity index (χ4n) is 3.75. The number of hydrogen-bond donors (Lipinski definition) is 0. The summed E-state index contributed by atoms with van der Waals surface area (Å²) < 4.78 is 15.7. The molecule has 0 saturated heterocycles. The van der Waals surface area contributed by atoms with E-state index >= 15 is 0 Å². The SMILES string of the molecule is COC(=O)C1=C(C(=O)OC)C2(OC(C)=C1C(C)=O)C(=O)N(C)c1ccccc12. The zero-order valence-corrected chi connectivity index (χ0v) is 16.1. The predicted molar refractivity (Wildman–Crippen MR) is 97.1 cm³/mol. The quantitative estimate of drug-likeness (QED) is 0.725. The van der Waals surface area contributed by atoms with Gasteiger partial charge in [-0.15, -0.1) is 0 Å². The lowest BCUT2D eigenvalue weighted by Gasteiger charge is -2.36. The summed E-state index contributed by atoms with van der Waals surface area (Å²) in [7, 11) is 3.77. The Morgan fingerprint density at radius 3 is 2.21 bits per heavy atom. The number of rotatable bonds is 3. The molecule has 1 atom stereocenters. The molecule has 8 nitrogen and oxygen atoms in total. The van der Waals surface area contributed by atoms with Gasteiger partial charge in [-0.05, 0) is 19.9 Å². The molecule has 0 aromatic heterocycles. The maximum absolute atomic E-state index is 13.3. The normalized spacial score (nSPS) is 20.9. The van der Waals surface area contributed by atoms with Gasteiger partial charge >= 0.3 is 11.9 Å². The number of methoxy groups -OCH3 is 2. The van der Waals surface area contributed by atoms with Crippen molar-refractivity contribution in [2.75, 3.05) is 26.2 Å². The molecule has 0 saturated carbocycles. The number of benzene rings is 1. The fraction of sp³-hybridized carbons (Fsp3) is 0.300. The Kier molecular flexibility index (Phi) is 4.58. The largest absolute Gasteiger partial charge is 0.471 e. The number of ketones is 1. The third-order valence-electron chi connectivity index (χ3n) is 4.89. The maximum Gasteiger partial charge on any atom is 0.339 e. The van der Waals surface area contributed by atoms with Gasteiger partial charge in [0.25, 0.3) is 5.91 Å². The van der Waals surface area contributed by atoms with Crippen LogP contribution in [-0.4, -0.2) is 44.9 Å². The van der Waals surface area contributed by atoms with Gasteiger partial charge in [0, 0.05) is 12.6 Å². The van der Waals surface area contributed by atoms with E-state index in [4.69, 9.17) is 14.2 Å². The van der Waals surface area contributed by atoms with Crippen molar-refractivity contribution in [3.05, 3.63) is 52.3 Å². The van der Waals surface area contributed by atoms with Crippen molar-refractivity contribution < 1.29 is 33.4 Å². The molecule has 0 fully saturated rings. The predicted octanol–water partition coefficient (Wildman–Crippen LogP) is 1.39. The molecule has 1 aromatic carbocycles. The Balaban J connectivity index is 2.49. The van der Waals surface area contributed by atoms with Gasteiger partial charge in [0.1, 0.15) is 11.3 Å². The van der Waals surface area contributed by atoms with Gasteiger partial charge in [-0.25, -0.2) is 9.59 Å². The Bertz CT molecular complexity index is 988. The molecular weight excluding hydrogens is 366 g/mol. The van der Waals surface area contributed by atoms with Crippen LogP contribution >= 0.6 is 0 Å². The van der Waals surface area contributed by atoms with Crippen LogP contribution in [0.3, 0.4) is 0 Å². The molecule has 1 amide bonds. The molecule has 0 aliphatic carbocycles.